The summed E-state index contributed by atoms with van der Waals surface area (Å²) in [5.41, 5.74) is 0.273. The van der Waals surface area contributed by atoms with Crippen LogP contribution in [0, 0.1) is 0 Å². The Bertz CT molecular complexity index is 420. The highest BCUT2D eigenvalue weighted by Gasteiger charge is 2.20. The van der Waals surface area contributed by atoms with Crippen molar-refractivity contribution in [2.24, 2.45) is 0 Å². The molecular formula is C13H20N2O4. The van der Waals surface area contributed by atoms with E-state index in [2.05, 4.69) is 10.6 Å². The second-order valence-electron chi connectivity index (χ2n) is 5.22. The zero-order valence-electron chi connectivity index (χ0n) is 11.6. The third kappa shape index (κ3) is 5.94. The van der Waals surface area contributed by atoms with Gasteiger partial charge in [-0.2, -0.15) is 0 Å². The number of furan rings is 1. The standard InChI is InChI=1S/C13H20N2O4/c1-9(15-12(17)19-13(2,3)4)11(16)14-7-10-5-6-18-8-10/h5-6,8-9H,7H2,1-4H3,(H,14,16)(H,15,17). The molecule has 0 aliphatic rings. The average Bonchev–Trinajstić information content (AvgIpc) is 2.75. The summed E-state index contributed by atoms with van der Waals surface area (Å²) >= 11 is 0. The Hall–Kier alpha value is -1.98. The van der Waals surface area contributed by atoms with Crippen molar-refractivity contribution in [2.45, 2.75) is 45.9 Å². The molecule has 0 fully saturated rings. The summed E-state index contributed by atoms with van der Waals surface area (Å²) in [7, 11) is 0. The quantitative estimate of drug-likeness (QED) is 0.872. The summed E-state index contributed by atoms with van der Waals surface area (Å²) in [5.74, 6) is -0.285. The summed E-state index contributed by atoms with van der Waals surface area (Å²) in [6.45, 7) is 7.23. The zero-order chi connectivity index (χ0) is 14.5. The first kappa shape index (κ1) is 15.1. The van der Waals surface area contributed by atoms with Crippen LogP contribution in [-0.4, -0.2) is 23.6 Å². The smallest absolute Gasteiger partial charge is 0.408 e. The van der Waals surface area contributed by atoms with Crippen molar-refractivity contribution in [3.63, 3.8) is 0 Å². The largest absolute Gasteiger partial charge is 0.472 e. The van der Waals surface area contributed by atoms with E-state index in [0.29, 0.717) is 6.54 Å². The number of nitrogens with one attached hydrogen (secondary N) is 2. The van der Waals surface area contributed by atoms with Crippen molar-refractivity contribution >= 4 is 12.0 Å². The van der Waals surface area contributed by atoms with Gasteiger partial charge in [-0.1, -0.05) is 0 Å². The van der Waals surface area contributed by atoms with Gasteiger partial charge >= 0.3 is 6.09 Å². The number of carbonyl (C=O) groups excluding carboxylic acids is 2. The van der Waals surface area contributed by atoms with Crippen LogP contribution in [0.1, 0.15) is 33.3 Å². The number of alkyl carbamates (subject to hydrolysis) is 1. The molecule has 1 rings (SSSR count). The molecule has 2 N–H and O–H groups in total. The van der Waals surface area contributed by atoms with Crippen LogP contribution in [0.4, 0.5) is 4.79 Å². The highest BCUT2D eigenvalue weighted by molar-refractivity contribution is 5.85. The lowest BCUT2D eigenvalue weighted by Crippen LogP contribution is -2.46. The van der Waals surface area contributed by atoms with Gasteiger partial charge in [0, 0.05) is 12.1 Å². The van der Waals surface area contributed by atoms with Crippen LogP contribution in [0.25, 0.3) is 0 Å². The minimum absolute atomic E-state index is 0.285. The molecular weight excluding hydrogens is 248 g/mol. The molecule has 1 aromatic heterocycles. The molecule has 106 valence electrons. The fourth-order valence-electron chi connectivity index (χ4n) is 1.29. The van der Waals surface area contributed by atoms with Gasteiger partial charge in [0.2, 0.25) is 5.91 Å². The molecule has 0 spiro atoms. The Labute approximate surface area is 112 Å². The fraction of sp³-hybridized carbons (Fsp3) is 0.538. The van der Waals surface area contributed by atoms with Crippen molar-refractivity contribution in [3.05, 3.63) is 24.2 Å². The first-order valence-electron chi connectivity index (χ1n) is 6.06. The molecule has 0 aliphatic heterocycles. The van der Waals surface area contributed by atoms with E-state index < -0.39 is 17.7 Å². The summed E-state index contributed by atoms with van der Waals surface area (Å²) < 4.78 is 9.95. The summed E-state index contributed by atoms with van der Waals surface area (Å²) in [5, 5.41) is 5.15. The molecule has 0 saturated heterocycles. The van der Waals surface area contributed by atoms with Crippen LogP contribution >= 0.6 is 0 Å². The summed E-state index contributed by atoms with van der Waals surface area (Å²) in [4.78, 5) is 23.2. The molecule has 2 amide bonds. The van der Waals surface area contributed by atoms with E-state index >= 15 is 0 Å². The molecule has 1 atom stereocenters. The van der Waals surface area contributed by atoms with Crippen molar-refractivity contribution in [2.75, 3.05) is 0 Å². The van der Waals surface area contributed by atoms with Gasteiger partial charge in [-0.25, -0.2) is 4.79 Å². The van der Waals surface area contributed by atoms with Crippen LogP contribution in [-0.2, 0) is 16.1 Å². The molecule has 0 aliphatic carbocycles. The summed E-state index contributed by atoms with van der Waals surface area (Å²) in [6.07, 6.45) is 2.47. The number of carbonyl (C=O) groups is 2. The number of hydrogen-bond donors (Lipinski definition) is 2. The van der Waals surface area contributed by atoms with E-state index in [-0.39, 0.29) is 5.91 Å². The van der Waals surface area contributed by atoms with E-state index in [9.17, 15) is 9.59 Å². The van der Waals surface area contributed by atoms with Crippen molar-refractivity contribution in [1.82, 2.24) is 10.6 Å². The maximum atomic E-state index is 11.7. The van der Waals surface area contributed by atoms with Crippen LogP contribution < -0.4 is 10.6 Å². The van der Waals surface area contributed by atoms with Gasteiger partial charge in [0.05, 0.1) is 12.5 Å². The minimum atomic E-state index is -0.665. The van der Waals surface area contributed by atoms with E-state index in [1.165, 1.54) is 6.26 Å². The Kier molecular flexibility index (Phi) is 4.97. The fourth-order valence-corrected chi connectivity index (χ4v) is 1.29. The number of rotatable bonds is 4. The first-order valence-corrected chi connectivity index (χ1v) is 6.06. The van der Waals surface area contributed by atoms with Gasteiger partial charge in [0.15, 0.2) is 0 Å². The lowest BCUT2D eigenvalue weighted by atomic mass is 10.2. The van der Waals surface area contributed by atoms with Crippen LogP contribution in [0.2, 0.25) is 0 Å². The lowest BCUT2D eigenvalue weighted by molar-refractivity contribution is -0.122. The maximum absolute atomic E-state index is 11.7. The van der Waals surface area contributed by atoms with Gasteiger partial charge in [-0.3, -0.25) is 4.79 Å². The Morgan fingerprint density at radius 1 is 1.42 bits per heavy atom. The minimum Gasteiger partial charge on any atom is -0.472 e. The van der Waals surface area contributed by atoms with Crippen LogP contribution in [0.3, 0.4) is 0 Å². The van der Waals surface area contributed by atoms with Crippen molar-refractivity contribution in [1.29, 1.82) is 0 Å². The predicted octanol–water partition coefficient (Wildman–Crippen LogP) is 1.81. The second kappa shape index (κ2) is 6.26. The molecule has 1 unspecified atom stereocenters. The van der Waals surface area contributed by atoms with E-state index in [1.807, 2.05) is 0 Å². The van der Waals surface area contributed by atoms with Gasteiger partial charge in [0.25, 0.3) is 0 Å². The van der Waals surface area contributed by atoms with E-state index in [0.717, 1.165) is 5.56 Å². The normalized spacial score (nSPS) is 12.6. The molecule has 0 saturated carbocycles. The molecule has 1 heterocycles. The third-order valence-electron chi connectivity index (χ3n) is 2.17. The van der Waals surface area contributed by atoms with Gasteiger partial charge < -0.3 is 19.8 Å². The Morgan fingerprint density at radius 3 is 2.63 bits per heavy atom. The van der Waals surface area contributed by atoms with Crippen molar-refractivity contribution < 1.29 is 18.7 Å². The molecule has 0 bridgehead atoms. The maximum Gasteiger partial charge on any atom is 0.408 e. The van der Waals surface area contributed by atoms with E-state index in [4.69, 9.17) is 9.15 Å². The van der Waals surface area contributed by atoms with Crippen molar-refractivity contribution in [3.8, 4) is 0 Å². The van der Waals surface area contributed by atoms with Gasteiger partial charge in [0.1, 0.15) is 11.6 Å². The highest BCUT2D eigenvalue weighted by Crippen LogP contribution is 2.06. The topological polar surface area (TPSA) is 80.6 Å². The molecule has 19 heavy (non-hydrogen) atoms. The second-order valence-corrected chi connectivity index (χ2v) is 5.22. The van der Waals surface area contributed by atoms with E-state index in [1.54, 1.807) is 40.0 Å². The van der Waals surface area contributed by atoms with Crippen LogP contribution in [0.15, 0.2) is 23.0 Å². The molecule has 0 aromatic carbocycles. The number of ether oxygens (including phenoxy) is 1. The molecule has 6 heteroatoms. The zero-order valence-corrected chi connectivity index (χ0v) is 11.6. The van der Waals surface area contributed by atoms with Gasteiger partial charge in [-0.15, -0.1) is 0 Å². The number of amides is 2. The molecule has 0 radical (unpaired) electrons. The molecule has 1 aromatic rings. The third-order valence-corrected chi connectivity index (χ3v) is 2.17. The first-order chi connectivity index (χ1) is 8.78. The van der Waals surface area contributed by atoms with Gasteiger partial charge in [-0.05, 0) is 33.8 Å². The Balaban J connectivity index is 2.34. The van der Waals surface area contributed by atoms with Crippen LogP contribution in [0.5, 0.6) is 0 Å². The summed E-state index contributed by atoms with van der Waals surface area (Å²) in [6, 6.07) is 1.09. The SMILES string of the molecule is CC(NC(=O)OC(C)(C)C)C(=O)NCc1ccoc1. The average molecular weight is 268 g/mol. The lowest BCUT2D eigenvalue weighted by Gasteiger charge is -2.21. The predicted molar refractivity (Wildman–Crippen MR) is 69.4 cm³/mol. The Morgan fingerprint density at radius 2 is 2.11 bits per heavy atom. The number of hydrogen-bond acceptors (Lipinski definition) is 4. The monoisotopic (exact) mass is 268 g/mol. The molecule has 6 nitrogen and oxygen atoms in total. The highest BCUT2D eigenvalue weighted by atomic mass is 16.6.